The summed E-state index contributed by atoms with van der Waals surface area (Å²) in [7, 11) is 0. The Bertz CT molecular complexity index is 448. The van der Waals surface area contributed by atoms with Crippen molar-refractivity contribution in [3.05, 3.63) is 18.3 Å². The zero-order valence-corrected chi connectivity index (χ0v) is 11.6. The number of halogens is 2. The van der Waals surface area contributed by atoms with Gasteiger partial charge in [0.25, 0.3) is 0 Å². The lowest BCUT2D eigenvalue weighted by Gasteiger charge is -2.22. The zero-order chi connectivity index (χ0) is 15.1. The summed E-state index contributed by atoms with van der Waals surface area (Å²) in [6.07, 6.45) is 6.81. The molecule has 1 heterocycles. The molecule has 2 rings (SSSR count). The summed E-state index contributed by atoms with van der Waals surface area (Å²) in [5.74, 6) is 0.342. The van der Waals surface area contributed by atoms with E-state index in [9.17, 15) is 13.6 Å². The van der Waals surface area contributed by atoms with Crippen molar-refractivity contribution in [1.29, 1.82) is 0 Å². The monoisotopic (exact) mass is 299 g/mol. The molecule has 1 aliphatic rings. The third-order valence-electron chi connectivity index (χ3n) is 3.36. The Balaban J connectivity index is 1.73. The molecule has 1 saturated carbocycles. The van der Waals surface area contributed by atoms with Crippen LogP contribution in [0.15, 0.2) is 18.3 Å². The van der Waals surface area contributed by atoms with Crippen molar-refractivity contribution in [2.75, 3.05) is 11.9 Å². The van der Waals surface area contributed by atoms with Crippen LogP contribution in [0.5, 0.6) is 5.75 Å². The molecular weight excluding hydrogens is 280 g/mol. The van der Waals surface area contributed by atoms with Crippen molar-refractivity contribution >= 4 is 11.7 Å². The molecule has 0 bridgehead atoms. The summed E-state index contributed by atoms with van der Waals surface area (Å²) in [5, 5.41) is 5.82. The Hall–Kier alpha value is -1.92. The fourth-order valence-electron chi connectivity index (χ4n) is 2.35. The molecule has 0 aliphatic heterocycles. The Morgan fingerprint density at radius 2 is 2.10 bits per heavy atom. The van der Waals surface area contributed by atoms with Gasteiger partial charge in [-0.25, -0.2) is 4.98 Å². The van der Waals surface area contributed by atoms with Crippen LogP contribution < -0.4 is 15.4 Å². The highest BCUT2D eigenvalue weighted by molar-refractivity contribution is 5.80. The summed E-state index contributed by atoms with van der Waals surface area (Å²) in [6, 6.07) is 3.13. The number of nitrogens with one attached hydrogen (secondary N) is 2. The van der Waals surface area contributed by atoms with E-state index in [1.54, 1.807) is 0 Å². The number of carbonyl (C=O) groups excluding carboxylic acids is 1. The minimum Gasteiger partial charge on any atom is -0.433 e. The van der Waals surface area contributed by atoms with Crippen LogP contribution in [0.4, 0.5) is 14.6 Å². The minimum atomic E-state index is -2.87. The number of aromatic nitrogens is 1. The highest BCUT2D eigenvalue weighted by atomic mass is 19.3. The van der Waals surface area contributed by atoms with E-state index in [0.717, 1.165) is 25.7 Å². The molecule has 0 saturated heterocycles. The smallest absolute Gasteiger partial charge is 0.387 e. The molecule has 5 nitrogen and oxygen atoms in total. The number of rotatable bonds is 6. The van der Waals surface area contributed by atoms with Gasteiger partial charge in [0.1, 0.15) is 11.6 Å². The molecule has 1 aromatic heterocycles. The van der Waals surface area contributed by atoms with E-state index in [1.165, 1.54) is 24.8 Å². The third-order valence-corrected chi connectivity index (χ3v) is 3.36. The average Bonchev–Trinajstić information content (AvgIpc) is 2.47. The number of hydrogen-bond donors (Lipinski definition) is 2. The van der Waals surface area contributed by atoms with Gasteiger partial charge in [-0.3, -0.25) is 4.79 Å². The average molecular weight is 299 g/mol. The van der Waals surface area contributed by atoms with E-state index >= 15 is 0 Å². The second-order valence-corrected chi connectivity index (χ2v) is 5.01. The van der Waals surface area contributed by atoms with Crippen molar-refractivity contribution in [2.45, 2.75) is 44.8 Å². The minimum absolute atomic E-state index is 0.0118. The van der Waals surface area contributed by atoms with Crippen LogP contribution >= 0.6 is 0 Å². The zero-order valence-electron chi connectivity index (χ0n) is 11.6. The Kier molecular flexibility index (Phi) is 5.71. The van der Waals surface area contributed by atoms with E-state index in [0.29, 0.717) is 5.82 Å². The first-order valence-corrected chi connectivity index (χ1v) is 7.07. The highest BCUT2D eigenvalue weighted by Gasteiger charge is 2.15. The molecule has 0 aromatic carbocycles. The maximum atomic E-state index is 12.0. The van der Waals surface area contributed by atoms with Gasteiger partial charge in [0.05, 0.1) is 12.7 Å². The van der Waals surface area contributed by atoms with E-state index < -0.39 is 6.61 Å². The number of hydrogen-bond acceptors (Lipinski definition) is 4. The summed E-state index contributed by atoms with van der Waals surface area (Å²) >= 11 is 0. The van der Waals surface area contributed by atoms with Gasteiger partial charge in [0.15, 0.2) is 0 Å². The molecule has 0 unspecified atom stereocenters. The molecule has 1 fully saturated rings. The number of nitrogens with zero attached hydrogens (tertiary/aromatic N) is 1. The fourth-order valence-corrected chi connectivity index (χ4v) is 2.35. The van der Waals surface area contributed by atoms with Gasteiger partial charge in [-0.2, -0.15) is 8.78 Å². The standard InChI is InChI=1S/C14H19F2N3O2/c15-14(16)21-11-6-7-12(17-8-11)18-9-13(20)19-10-4-2-1-3-5-10/h6-8,10,14H,1-5,9H2,(H,17,18)(H,19,20). The van der Waals surface area contributed by atoms with Crippen molar-refractivity contribution < 1.29 is 18.3 Å². The predicted molar refractivity (Wildman–Crippen MR) is 74.4 cm³/mol. The SMILES string of the molecule is O=C(CNc1ccc(OC(F)F)cn1)NC1CCCCC1. The Morgan fingerprint density at radius 1 is 1.33 bits per heavy atom. The maximum absolute atomic E-state index is 12.0. The number of carbonyl (C=O) groups is 1. The molecule has 7 heteroatoms. The number of pyridine rings is 1. The molecular formula is C14H19F2N3O2. The van der Waals surface area contributed by atoms with Crippen LogP contribution in [-0.2, 0) is 4.79 Å². The summed E-state index contributed by atoms with van der Waals surface area (Å²) < 4.78 is 28.2. The molecule has 0 atom stereocenters. The van der Waals surface area contributed by atoms with Crippen molar-refractivity contribution in [1.82, 2.24) is 10.3 Å². The lowest BCUT2D eigenvalue weighted by atomic mass is 9.95. The lowest BCUT2D eigenvalue weighted by Crippen LogP contribution is -2.39. The van der Waals surface area contributed by atoms with Gasteiger partial charge in [0, 0.05) is 6.04 Å². The van der Waals surface area contributed by atoms with Gasteiger partial charge in [-0.1, -0.05) is 19.3 Å². The normalized spacial score (nSPS) is 15.8. The first-order valence-electron chi connectivity index (χ1n) is 7.07. The van der Waals surface area contributed by atoms with E-state index in [4.69, 9.17) is 0 Å². The molecule has 2 N–H and O–H groups in total. The Morgan fingerprint density at radius 3 is 2.71 bits per heavy atom. The molecule has 21 heavy (non-hydrogen) atoms. The largest absolute Gasteiger partial charge is 0.433 e. The van der Waals surface area contributed by atoms with Crippen LogP contribution in [0, 0.1) is 0 Å². The molecule has 1 aromatic rings. The van der Waals surface area contributed by atoms with Crippen LogP contribution in [-0.4, -0.2) is 30.1 Å². The van der Waals surface area contributed by atoms with Crippen LogP contribution in [0.1, 0.15) is 32.1 Å². The fraction of sp³-hybridized carbons (Fsp3) is 0.571. The number of ether oxygens (including phenoxy) is 1. The maximum Gasteiger partial charge on any atom is 0.387 e. The van der Waals surface area contributed by atoms with Gasteiger partial charge in [0.2, 0.25) is 5.91 Å². The molecule has 0 radical (unpaired) electrons. The van der Waals surface area contributed by atoms with E-state index in [-0.39, 0.29) is 24.2 Å². The lowest BCUT2D eigenvalue weighted by molar-refractivity contribution is -0.120. The predicted octanol–water partition coefficient (Wildman–Crippen LogP) is 2.54. The topological polar surface area (TPSA) is 63.2 Å². The second-order valence-electron chi connectivity index (χ2n) is 5.01. The van der Waals surface area contributed by atoms with Crippen LogP contribution in [0.3, 0.4) is 0 Å². The third kappa shape index (κ3) is 5.53. The molecule has 116 valence electrons. The van der Waals surface area contributed by atoms with Crippen molar-refractivity contribution in [2.24, 2.45) is 0 Å². The van der Waals surface area contributed by atoms with Crippen LogP contribution in [0.25, 0.3) is 0 Å². The molecule has 1 amide bonds. The van der Waals surface area contributed by atoms with Crippen LogP contribution in [0.2, 0.25) is 0 Å². The summed E-state index contributed by atoms with van der Waals surface area (Å²) in [6.45, 7) is -2.76. The van der Waals surface area contributed by atoms with E-state index in [1.807, 2.05) is 0 Å². The first kappa shape index (κ1) is 15.5. The summed E-state index contributed by atoms with van der Waals surface area (Å²) in [5.41, 5.74) is 0. The number of alkyl halides is 2. The quantitative estimate of drug-likeness (QED) is 0.847. The van der Waals surface area contributed by atoms with Crippen molar-refractivity contribution in [3.8, 4) is 5.75 Å². The highest BCUT2D eigenvalue weighted by Crippen LogP contribution is 2.17. The van der Waals surface area contributed by atoms with Crippen molar-refractivity contribution in [3.63, 3.8) is 0 Å². The molecule has 0 spiro atoms. The first-order chi connectivity index (χ1) is 10.1. The summed E-state index contributed by atoms with van der Waals surface area (Å²) in [4.78, 5) is 15.7. The Labute approximate surface area is 122 Å². The second kappa shape index (κ2) is 7.75. The van der Waals surface area contributed by atoms with Gasteiger partial charge in [-0.15, -0.1) is 0 Å². The number of anilines is 1. The number of amides is 1. The van der Waals surface area contributed by atoms with Gasteiger partial charge >= 0.3 is 6.61 Å². The molecule has 1 aliphatic carbocycles. The van der Waals surface area contributed by atoms with E-state index in [2.05, 4.69) is 20.4 Å². The van der Waals surface area contributed by atoms with Gasteiger partial charge < -0.3 is 15.4 Å². The van der Waals surface area contributed by atoms with Gasteiger partial charge in [-0.05, 0) is 25.0 Å².